The van der Waals surface area contributed by atoms with Crippen molar-refractivity contribution in [2.24, 2.45) is 0 Å². The molecular weight excluding hydrogens is 408 g/mol. The zero-order chi connectivity index (χ0) is 20.8. The lowest BCUT2D eigenvalue weighted by atomic mass is 9.95. The van der Waals surface area contributed by atoms with E-state index in [0.29, 0.717) is 28.9 Å². The van der Waals surface area contributed by atoms with Crippen LogP contribution in [0.2, 0.25) is 0 Å². The fourth-order valence-corrected chi connectivity index (χ4v) is 5.43. The number of thioether (sulfide) groups is 1. The molecule has 7 nitrogen and oxygen atoms in total. The van der Waals surface area contributed by atoms with Crippen LogP contribution < -0.4 is 5.32 Å². The van der Waals surface area contributed by atoms with Gasteiger partial charge in [-0.2, -0.15) is 0 Å². The van der Waals surface area contributed by atoms with Gasteiger partial charge in [-0.3, -0.25) is 4.79 Å². The van der Waals surface area contributed by atoms with Gasteiger partial charge in [-0.05, 0) is 38.2 Å². The van der Waals surface area contributed by atoms with Gasteiger partial charge in [0.05, 0.1) is 17.9 Å². The minimum absolute atomic E-state index is 0.176. The van der Waals surface area contributed by atoms with E-state index in [1.807, 2.05) is 11.5 Å². The molecule has 1 N–H and O–H groups in total. The number of amides is 1. The monoisotopic (exact) mass is 434 g/mol. The van der Waals surface area contributed by atoms with Gasteiger partial charge in [0.25, 0.3) is 0 Å². The number of carbonyl (C=O) groups is 2. The number of aromatic nitrogens is 3. The third-order valence-corrected chi connectivity index (χ3v) is 6.83. The zero-order valence-electron chi connectivity index (χ0n) is 16.8. The molecule has 0 spiro atoms. The highest BCUT2D eigenvalue weighted by Crippen LogP contribution is 2.38. The number of ether oxygens (including phenoxy) is 1. The number of esters is 1. The van der Waals surface area contributed by atoms with Crippen LogP contribution in [0.4, 0.5) is 5.00 Å². The highest BCUT2D eigenvalue weighted by atomic mass is 32.2. The van der Waals surface area contributed by atoms with E-state index in [-0.39, 0.29) is 17.6 Å². The van der Waals surface area contributed by atoms with E-state index in [4.69, 9.17) is 4.74 Å². The number of rotatable bonds is 9. The average molecular weight is 435 g/mol. The summed E-state index contributed by atoms with van der Waals surface area (Å²) in [7, 11) is 0. The van der Waals surface area contributed by atoms with E-state index >= 15 is 0 Å². The van der Waals surface area contributed by atoms with Gasteiger partial charge in [-0.15, -0.1) is 28.1 Å². The van der Waals surface area contributed by atoms with Crippen LogP contribution in [-0.2, 0) is 35.3 Å². The molecule has 1 amide bonds. The summed E-state index contributed by atoms with van der Waals surface area (Å²) in [5.41, 5.74) is 1.58. The normalized spacial score (nSPS) is 13.0. The van der Waals surface area contributed by atoms with Crippen molar-refractivity contribution in [2.45, 2.75) is 57.7 Å². The highest BCUT2D eigenvalue weighted by Gasteiger charge is 2.27. The van der Waals surface area contributed by atoms with Crippen molar-refractivity contribution in [1.29, 1.82) is 0 Å². The molecule has 0 fully saturated rings. The first kappa shape index (κ1) is 21.6. The Morgan fingerprint density at radius 3 is 2.83 bits per heavy atom. The second-order valence-corrected chi connectivity index (χ2v) is 8.67. The van der Waals surface area contributed by atoms with E-state index in [9.17, 15) is 9.59 Å². The molecule has 29 heavy (non-hydrogen) atoms. The second-order valence-electron chi connectivity index (χ2n) is 6.62. The summed E-state index contributed by atoms with van der Waals surface area (Å²) in [5.74, 6) is 0.519. The minimum Gasteiger partial charge on any atom is -0.462 e. The van der Waals surface area contributed by atoms with Crippen molar-refractivity contribution in [1.82, 2.24) is 14.8 Å². The molecule has 9 heteroatoms. The summed E-state index contributed by atoms with van der Waals surface area (Å²) in [4.78, 5) is 26.3. The standard InChI is InChI=1S/C20H26N4O3S2/c1-4-11-24-15(5-2)22-23-20(24)28-12-16(25)21-18-17(19(26)27-6-3)13-9-7-8-10-14(13)29-18/h4H,1,5-12H2,2-3H3,(H,21,25). The SMILES string of the molecule is C=CCn1c(CC)nnc1SCC(=O)Nc1sc2c(c1C(=O)OCC)CCCC2. The van der Waals surface area contributed by atoms with Crippen LogP contribution in [0.1, 0.15) is 53.3 Å². The number of fused-ring (bicyclic) bond motifs is 1. The zero-order valence-corrected chi connectivity index (χ0v) is 18.5. The number of hydrogen-bond acceptors (Lipinski definition) is 7. The number of hydrogen-bond donors (Lipinski definition) is 1. The summed E-state index contributed by atoms with van der Waals surface area (Å²) in [6, 6.07) is 0. The Hall–Kier alpha value is -2.13. The van der Waals surface area contributed by atoms with Crippen LogP contribution in [0.3, 0.4) is 0 Å². The lowest BCUT2D eigenvalue weighted by Crippen LogP contribution is -2.17. The van der Waals surface area contributed by atoms with Gasteiger partial charge >= 0.3 is 5.97 Å². The fourth-order valence-electron chi connectivity index (χ4n) is 3.37. The summed E-state index contributed by atoms with van der Waals surface area (Å²) >= 11 is 2.82. The molecule has 1 aliphatic carbocycles. The van der Waals surface area contributed by atoms with Crippen molar-refractivity contribution >= 4 is 40.0 Å². The average Bonchev–Trinajstić information content (AvgIpc) is 3.27. The summed E-state index contributed by atoms with van der Waals surface area (Å²) in [6.07, 6.45) is 6.51. The third kappa shape index (κ3) is 4.90. The summed E-state index contributed by atoms with van der Waals surface area (Å²) in [5, 5.41) is 12.6. The van der Waals surface area contributed by atoms with Gasteiger partial charge in [0.1, 0.15) is 10.8 Å². The molecule has 0 aliphatic heterocycles. The van der Waals surface area contributed by atoms with Crippen LogP contribution in [-0.4, -0.2) is 39.0 Å². The van der Waals surface area contributed by atoms with Gasteiger partial charge in [0.15, 0.2) is 5.16 Å². The molecule has 2 aromatic rings. The van der Waals surface area contributed by atoms with Crippen molar-refractivity contribution < 1.29 is 14.3 Å². The van der Waals surface area contributed by atoms with Crippen molar-refractivity contribution in [3.63, 3.8) is 0 Å². The molecule has 0 bridgehead atoms. The van der Waals surface area contributed by atoms with Gasteiger partial charge in [0.2, 0.25) is 5.91 Å². The van der Waals surface area contributed by atoms with Gasteiger partial charge in [-0.25, -0.2) is 4.79 Å². The molecule has 0 saturated heterocycles. The molecule has 2 aromatic heterocycles. The van der Waals surface area contributed by atoms with Crippen LogP contribution in [0.5, 0.6) is 0 Å². The molecular formula is C20H26N4O3S2. The van der Waals surface area contributed by atoms with E-state index in [0.717, 1.165) is 43.5 Å². The summed E-state index contributed by atoms with van der Waals surface area (Å²) < 4.78 is 7.20. The second kappa shape index (κ2) is 10.1. The number of nitrogens with zero attached hydrogens (tertiary/aromatic N) is 3. The van der Waals surface area contributed by atoms with Gasteiger partial charge in [-0.1, -0.05) is 24.8 Å². The number of thiophene rings is 1. The van der Waals surface area contributed by atoms with Gasteiger partial charge in [0, 0.05) is 17.8 Å². The molecule has 0 saturated carbocycles. The minimum atomic E-state index is -0.354. The Kier molecular flexibility index (Phi) is 7.49. The topological polar surface area (TPSA) is 86.1 Å². The number of nitrogens with one attached hydrogen (secondary N) is 1. The Morgan fingerprint density at radius 2 is 2.10 bits per heavy atom. The molecule has 1 aliphatic rings. The van der Waals surface area contributed by atoms with Gasteiger partial charge < -0.3 is 14.6 Å². The van der Waals surface area contributed by atoms with E-state index in [1.165, 1.54) is 28.0 Å². The third-order valence-electron chi connectivity index (χ3n) is 4.66. The van der Waals surface area contributed by atoms with Crippen molar-refractivity contribution in [3.05, 3.63) is 34.5 Å². The maximum atomic E-state index is 12.6. The smallest absolute Gasteiger partial charge is 0.341 e. The van der Waals surface area contributed by atoms with Crippen molar-refractivity contribution in [2.75, 3.05) is 17.7 Å². The number of allylic oxidation sites excluding steroid dienone is 1. The van der Waals surface area contributed by atoms with Crippen molar-refractivity contribution in [3.8, 4) is 0 Å². The van der Waals surface area contributed by atoms with Crippen LogP contribution in [0.25, 0.3) is 0 Å². The Bertz CT molecular complexity index is 904. The Balaban J connectivity index is 1.73. The number of aryl methyl sites for hydroxylation is 2. The molecule has 0 aromatic carbocycles. The Morgan fingerprint density at radius 1 is 1.31 bits per heavy atom. The van der Waals surface area contributed by atoms with Crippen LogP contribution >= 0.6 is 23.1 Å². The predicted octanol–water partition coefficient (Wildman–Crippen LogP) is 3.87. The number of anilines is 1. The maximum absolute atomic E-state index is 12.6. The summed E-state index contributed by atoms with van der Waals surface area (Å²) in [6.45, 7) is 8.48. The van der Waals surface area contributed by atoms with E-state index < -0.39 is 0 Å². The first-order chi connectivity index (χ1) is 14.1. The Labute approximate surface area is 178 Å². The molecule has 2 heterocycles. The largest absolute Gasteiger partial charge is 0.462 e. The molecule has 0 atom stereocenters. The highest BCUT2D eigenvalue weighted by molar-refractivity contribution is 7.99. The maximum Gasteiger partial charge on any atom is 0.341 e. The first-order valence-electron chi connectivity index (χ1n) is 9.86. The molecule has 0 unspecified atom stereocenters. The quantitative estimate of drug-likeness (QED) is 0.366. The lowest BCUT2D eigenvalue weighted by molar-refractivity contribution is -0.113. The lowest BCUT2D eigenvalue weighted by Gasteiger charge is -2.12. The van der Waals surface area contributed by atoms with Crippen LogP contribution in [0.15, 0.2) is 17.8 Å². The number of carbonyl (C=O) groups excluding carboxylic acids is 2. The van der Waals surface area contributed by atoms with E-state index in [2.05, 4.69) is 22.1 Å². The van der Waals surface area contributed by atoms with Crippen LogP contribution in [0, 0.1) is 0 Å². The molecule has 156 valence electrons. The molecule has 3 rings (SSSR count). The first-order valence-corrected chi connectivity index (χ1v) is 11.7. The molecule has 0 radical (unpaired) electrons. The van der Waals surface area contributed by atoms with E-state index in [1.54, 1.807) is 13.0 Å². The predicted molar refractivity (Wildman–Crippen MR) is 116 cm³/mol. The fraction of sp³-hybridized carbons (Fsp3) is 0.500.